The fourth-order valence-electron chi connectivity index (χ4n) is 2.96. The molecule has 5 heteroatoms. The Morgan fingerprint density at radius 2 is 1.81 bits per heavy atom. The second kappa shape index (κ2) is 5.09. The van der Waals surface area contributed by atoms with E-state index in [0.29, 0.717) is 11.3 Å². The van der Waals surface area contributed by atoms with E-state index in [-0.39, 0.29) is 13.1 Å². The summed E-state index contributed by atoms with van der Waals surface area (Å²) in [6.07, 6.45) is 1.48. The molecule has 1 heterocycles. The summed E-state index contributed by atoms with van der Waals surface area (Å²) in [4.78, 5) is 0.319. The van der Waals surface area contributed by atoms with Crippen molar-refractivity contribution in [1.29, 1.82) is 0 Å². The summed E-state index contributed by atoms with van der Waals surface area (Å²) in [6.45, 7) is 2.36. The van der Waals surface area contributed by atoms with Crippen LogP contribution in [0.5, 0.6) is 0 Å². The fraction of sp³-hybridized carbons (Fsp3) is 0.375. The largest absolute Gasteiger partial charge is 0.387 e. The second-order valence-electron chi connectivity index (χ2n) is 5.72. The van der Waals surface area contributed by atoms with Crippen LogP contribution in [0.25, 0.3) is 10.8 Å². The first kappa shape index (κ1) is 14.5. The van der Waals surface area contributed by atoms with E-state index in [4.69, 9.17) is 0 Å². The van der Waals surface area contributed by atoms with Crippen molar-refractivity contribution in [3.63, 3.8) is 0 Å². The van der Waals surface area contributed by atoms with E-state index in [1.54, 1.807) is 12.1 Å². The van der Waals surface area contributed by atoms with Gasteiger partial charge in [-0.3, -0.25) is 0 Å². The van der Waals surface area contributed by atoms with Crippen LogP contribution in [0, 0.1) is 0 Å². The number of aliphatic hydroxyl groups is 1. The molecule has 21 heavy (non-hydrogen) atoms. The van der Waals surface area contributed by atoms with Gasteiger partial charge in [0.05, 0.1) is 10.5 Å². The van der Waals surface area contributed by atoms with Crippen molar-refractivity contribution in [2.24, 2.45) is 0 Å². The Balaban J connectivity index is 1.96. The van der Waals surface area contributed by atoms with E-state index in [0.717, 1.165) is 17.2 Å². The number of β-amino-alcohol motifs (C(OH)–C–C–N with tert-alkyl or cyclic N) is 1. The highest BCUT2D eigenvalue weighted by Gasteiger charge is 2.46. The van der Waals surface area contributed by atoms with Gasteiger partial charge in [0.1, 0.15) is 0 Å². The van der Waals surface area contributed by atoms with E-state index in [2.05, 4.69) is 0 Å². The highest BCUT2D eigenvalue weighted by molar-refractivity contribution is 7.89. The van der Waals surface area contributed by atoms with Crippen LogP contribution in [-0.2, 0) is 10.0 Å². The highest BCUT2D eigenvalue weighted by atomic mass is 32.2. The van der Waals surface area contributed by atoms with Crippen molar-refractivity contribution >= 4 is 20.8 Å². The van der Waals surface area contributed by atoms with E-state index in [9.17, 15) is 13.5 Å². The molecule has 2 aromatic carbocycles. The van der Waals surface area contributed by atoms with Crippen molar-refractivity contribution in [3.05, 3.63) is 42.5 Å². The van der Waals surface area contributed by atoms with Crippen LogP contribution >= 0.6 is 0 Å². The maximum Gasteiger partial charge on any atom is 0.243 e. The zero-order valence-electron chi connectivity index (χ0n) is 12.0. The zero-order chi connectivity index (χ0) is 15.1. The molecule has 1 saturated heterocycles. The molecule has 0 unspecified atom stereocenters. The third kappa shape index (κ3) is 2.46. The predicted molar refractivity (Wildman–Crippen MR) is 82.6 cm³/mol. The molecule has 3 rings (SSSR count). The first-order valence-corrected chi connectivity index (χ1v) is 8.61. The molecule has 0 spiro atoms. The summed E-state index contributed by atoms with van der Waals surface area (Å²) in [6, 6.07) is 12.7. The summed E-state index contributed by atoms with van der Waals surface area (Å²) in [5.41, 5.74) is -0.855. The van der Waals surface area contributed by atoms with Gasteiger partial charge in [-0.15, -0.1) is 0 Å². The number of nitrogens with zero attached hydrogens (tertiary/aromatic N) is 1. The number of hydrogen-bond donors (Lipinski definition) is 1. The summed E-state index contributed by atoms with van der Waals surface area (Å²) < 4.78 is 26.8. The van der Waals surface area contributed by atoms with Crippen molar-refractivity contribution in [1.82, 2.24) is 4.31 Å². The van der Waals surface area contributed by atoms with E-state index < -0.39 is 15.6 Å². The van der Waals surface area contributed by atoms with Gasteiger partial charge in [-0.25, -0.2) is 8.42 Å². The fourth-order valence-corrected chi connectivity index (χ4v) is 4.78. The minimum absolute atomic E-state index is 0.187. The van der Waals surface area contributed by atoms with Crippen molar-refractivity contribution < 1.29 is 13.5 Å². The molecule has 112 valence electrons. The Kier molecular flexibility index (Phi) is 3.51. The number of benzene rings is 2. The topological polar surface area (TPSA) is 57.6 Å². The Morgan fingerprint density at radius 3 is 2.52 bits per heavy atom. The molecule has 0 saturated carbocycles. The first-order valence-electron chi connectivity index (χ1n) is 7.17. The zero-order valence-corrected chi connectivity index (χ0v) is 12.8. The monoisotopic (exact) mass is 305 g/mol. The van der Waals surface area contributed by atoms with E-state index in [1.165, 1.54) is 4.31 Å². The van der Waals surface area contributed by atoms with Gasteiger partial charge in [0.15, 0.2) is 0 Å². The summed E-state index contributed by atoms with van der Waals surface area (Å²) in [5.74, 6) is 0. The Hall–Kier alpha value is -1.43. The molecular formula is C16H19NO3S. The standard InChI is InChI=1S/C16H19NO3S/c1-2-10-16(18)11-17(12-16)21(19,20)15-9-5-7-13-6-3-4-8-14(13)15/h3-9,18H,2,10-12H2,1H3. The lowest BCUT2D eigenvalue weighted by atomic mass is 9.92. The number of hydrogen-bond acceptors (Lipinski definition) is 3. The van der Waals surface area contributed by atoms with Crippen LogP contribution < -0.4 is 0 Å². The van der Waals surface area contributed by atoms with Gasteiger partial charge in [0.2, 0.25) is 10.0 Å². The SMILES string of the molecule is CCCC1(O)CN(S(=O)(=O)c2cccc3ccccc23)C1. The molecule has 0 radical (unpaired) electrons. The normalized spacial score (nSPS) is 18.6. The lowest BCUT2D eigenvalue weighted by molar-refractivity contribution is -0.0653. The lowest BCUT2D eigenvalue weighted by Gasteiger charge is -2.45. The average Bonchev–Trinajstić information content (AvgIpc) is 2.44. The molecule has 0 bridgehead atoms. The molecule has 1 N–H and O–H groups in total. The van der Waals surface area contributed by atoms with Crippen LogP contribution in [0.3, 0.4) is 0 Å². The molecule has 2 aromatic rings. The molecule has 4 nitrogen and oxygen atoms in total. The summed E-state index contributed by atoms with van der Waals surface area (Å²) in [5, 5.41) is 11.8. The molecule has 1 aliphatic heterocycles. The van der Waals surface area contributed by atoms with Crippen LogP contribution in [0.4, 0.5) is 0 Å². The minimum Gasteiger partial charge on any atom is -0.387 e. The second-order valence-corrected chi connectivity index (χ2v) is 7.63. The number of fused-ring (bicyclic) bond motifs is 1. The Morgan fingerprint density at radius 1 is 1.14 bits per heavy atom. The van der Waals surface area contributed by atoms with Crippen LogP contribution in [0.15, 0.2) is 47.4 Å². The van der Waals surface area contributed by atoms with Gasteiger partial charge in [-0.1, -0.05) is 49.7 Å². The molecule has 0 amide bonds. The summed E-state index contributed by atoms with van der Waals surface area (Å²) in [7, 11) is -3.54. The first-order chi connectivity index (χ1) is 9.96. The van der Waals surface area contributed by atoms with Gasteiger partial charge >= 0.3 is 0 Å². The predicted octanol–water partition coefficient (Wildman–Crippen LogP) is 2.38. The van der Waals surface area contributed by atoms with Crippen molar-refractivity contribution in [2.75, 3.05) is 13.1 Å². The smallest absolute Gasteiger partial charge is 0.243 e. The highest BCUT2D eigenvalue weighted by Crippen LogP contribution is 2.33. The van der Waals surface area contributed by atoms with E-state index in [1.807, 2.05) is 37.3 Å². The average molecular weight is 305 g/mol. The van der Waals surface area contributed by atoms with Gasteiger partial charge < -0.3 is 5.11 Å². The van der Waals surface area contributed by atoms with Crippen LogP contribution in [0.1, 0.15) is 19.8 Å². The molecule has 0 aliphatic carbocycles. The molecule has 1 aliphatic rings. The van der Waals surface area contributed by atoms with Crippen LogP contribution in [-0.4, -0.2) is 36.5 Å². The van der Waals surface area contributed by atoms with Gasteiger partial charge in [-0.05, 0) is 17.9 Å². The number of rotatable bonds is 4. The Labute approximate surface area is 125 Å². The quantitative estimate of drug-likeness (QED) is 0.943. The number of sulfonamides is 1. The minimum atomic E-state index is -3.54. The van der Waals surface area contributed by atoms with Crippen molar-refractivity contribution in [3.8, 4) is 0 Å². The maximum atomic E-state index is 12.7. The maximum absolute atomic E-state index is 12.7. The third-order valence-corrected chi connectivity index (χ3v) is 5.87. The van der Waals surface area contributed by atoms with Gasteiger partial charge in [0, 0.05) is 18.5 Å². The third-order valence-electron chi connectivity index (χ3n) is 4.02. The van der Waals surface area contributed by atoms with Gasteiger partial charge in [-0.2, -0.15) is 4.31 Å². The van der Waals surface area contributed by atoms with Crippen LogP contribution in [0.2, 0.25) is 0 Å². The lowest BCUT2D eigenvalue weighted by Crippen LogP contribution is -2.63. The van der Waals surface area contributed by atoms with Crippen molar-refractivity contribution in [2.45, 2.75) is 30.3 Å². The molecule has 0 aromatic heterocycles. The molecule has 1 fully saturated rings. The summed E-state index contributed by atoms with van der Waals surface area (Å²) >= 11 is 0. The van der Waals surface area contributed by atoms with Gasteiger partial charge in [0.25, 0.3) is 0 Å². The Bertz CT molecular complexity index is 759. The van der Waals surface area contributed by atoms with E-state index >= 15 is 0 Å². The molecular weight excluding hydrogens is 286 g/mol. The molecule has 0 atom stereocenters.